The Morgan fingerprint density at radius 1 is 1.55 bits per heavy atom. The van der Waals surface area contributed by atoms with Gasteiger partial charge in [0.15, 0.2) is 0 Å². The third-order valence-electron chi connectivity index (χ3n) is 2.57. The molecule has 2 heteroatoms. The van der Waals surface area contributed by atoms with Crippen LogP contribution in [-0.4, -0.2) is 34.7 Å². The predicted molar refractivity (Wildman–Crippen MR) is 46.5 cm³/mol. The van der Waals surface area contributed by atoms with Crippen molar-refractivity contribution in [2.45, 2.75) is 51.8 Å². The lowest BCUT2D eigenvalue weighted by Gasteiger charge is -2.26. The summed E-state index contributed by atoms with van der Waals surface area (Å²) in [6.07, 6.45) is 2.05. The van der Waals surface area contributed by atoms with Gasteiger partial charge >= 0.3 is 0 Å². The minimum absolute atomic E-state index is 0.0812. The maximum Gasteiger partial charge on any atom is 0.0682 e. The number of nitrogens with zero attached hydrogens (tertiary/aromatic N) is 1. The van der Waals surface area contributed by atoms with Gasteiger partial charge in [-0.15, -0.1) is 0 Å². The summed E-state index contributed by atoms with van der Waals surface area (Å²) in [4.78, 5) is 2.39. The van der Waals surface area contributed by atoms with Crippen LogP contribution in [-0.2, 0) is 0 Å². The van der Waals surface area contributed by atoms with Crippen molar-refractivity contribution in [2.75, 3.05) is 6.54 Å². The topological polar surface area (TPSA) is 23.5 Å². The fourth-order valence-electron chi connectivity index (χ4n) is 1.95. The Hall–Kier alpha value is -0.0800. The number of aliphatic hydroxyl groups excluding tert-OH is 1. The minimum Gasteiger partial charge on any atom is -0.392 e. The monoisotopic (exact) mass is 157 g/mol. The average molecular weight is 157 g/mol. The molecule has 0 saturated carbocycles. The second kappa shape index (κ2) is 3.55. The Bertz CT molecular complexity index is 125. The van der Waals surface area contributed by atoms with Crippen molar-refractivity contribution in [3.63, 3.8) is 0 Å². The average Bonchev–Trinajstić information content (AvgIpc) is 2.30. The first-order valence-corrected chi connectivity index (χ1v) is 4.59. The van der Waals surface area contributed by atoms with Crippen molar-refractivity contribution in [1.82, 2.24) is 4.90 Å². The molecule has 1 heterocycles. The first-order valence-electron chi connectivity index (χ1n) is 4.59. The molecule has 11 heavy (non-hydrogen) atoms. The van der Waals surface area contributed by atoms with Gasteiger partial charge in [0.05, 0.1) is 6.10 Å². The van der Waals surface area contributed by atoms with Gasteiger partial charge in [-0.1, -0.05) is 6.92 Å². The number of rotatable bonds is 2. The molecule has 2 atom stereocenters. The minimum atomic E-state index is -0.0812. The number of hydrogen-bond donors (Lipinski definition) is 1. The first kappa shape index (κ1) is 9.01. The van der Waals surface area contributed by atoms with Crippen molar-refractivity contribution in [1.29, 1.82) is 0 Å². The van der Waals surface area contributed by atoms with Crippen molar-refractivity contribution in [3.05, 3.63) is 0 Å². The summed E-state index contributed by atoms with van der Waals surface area (Å²) >= 11 is 0. The van der Waals surface area contributed by atoms with E-state index in [0.29, 0.717) is 12.1 Å². The van der Waals surface area contributed by atoms with Crippen LogP contribution in [0.3, 0.4) is 0 Å². The Morgan fingerprint density at radius 3 is 2.55 bits per heavy atom. The van der Waals surface area contributed by atoms with Crippen LogP contribution in [0.5, 0.6) is 0 Å². The molecule has 0 aromatic rings. The van der Waals surface area contributed by atoms with E-state index in [2.05, 4.69) is 25.7 Å². The molecule has 1 aliphatic rings. The highest BCUT2D eigenvalue weighted by Gasteiger charge is 2.30. The zero-order chi connectivity index (χ0) is 8.43. The third-order valence-corrected chi connectivity index (χ3v) is 2.57. The SMILES string of the molecule is CC[C@H]1C[C@@H](O)CN1C(C)C. The number of likely N-dealkylation sites (tertiary alicyclic amines) is 1. The Labute approximate surface area is 69.2 Å². The number of hydrogen-bond acceptors (Lipinski definition) is 2. The highest BCUT2D eigenvalue weighted by Crippen LogP contribution is 2.22. The van der Waals surface area contributed by atoms with Crippen LogP contribution >= 0.6 is 0 Å². The van der Waals surface area contributed by atoms with Gasteiger partial charge in [0.25, 0.3) is 0 Å². The third kappa shape index (κ3) is 1.94. The Kier molecular flexibility index (Phi) is 2.90. The molecule has 1 N–H and O–H groups in total. The largest absolute Gasteiger partial charge is 0.392 e. The summed E-state index contributed by atoms with van der Waals surface area (Å²) in [7, 11) is 0. The smallest absolute Gasteiger partial charge is 0.0682 e. The number of aliphatic hydroxyl groups is 1. The molecular formula is C9H19NO. The van der Waals surface area contributed by atoms with E-state index < -0.39 is 0 Å². The predicted octanol–water partition coefficient (Wildman–Crippen LogP) is 1.24. The fraction of sp³-hybridized carbons (Fsp3) is 1.00. The van der Waals surface area contributed by atoms with E-state index in [1.807, 2.05) is 0 Å². The van der Waals surface area contributed by atoms with Crippen molar-refractivity contribution in [3.8, 4) is 0 Å². The van der Waals surface area contributed by atoms with E-state index in [4.69, 9.17) is 0 Å². The summed E-state index contributed by atoms with van der Waals surface area (Å²) in [6, 6.07) is 1.20. The van der Waals surface area contributed by atoms with Crippen LogP contribution in [0, 0.1) is 0 Å². The van der Waals surface area contributed by atoms with E-state index in [0.717, 1.165) is 19.4 Å². The molecule has 1 aliphatic heterocycles. The quantitative estimate of drug-likeness (QED) is 0.652. The summed E-state index contributed by atoms with van der Waals surface area (Å²) in [6.45, 7) is 7.45. The number of β-amino-alcohol motifs (C(OH)–C–C–N with tert-alkyl or cyclic N) is 1. The van der Waals surface area contributed by atoms with Crippen molar-refractivity contribution in [2.24, 2.45) is 0 Å². The standard InChI is InChI=1S/C9H19NO/c1-4-8-5-9(11)6-10(8)7(2)3/h7-9,11H,4-6H2,1-3H3/t8-,9+/m0/s1. The summed E-state index contributed by atoms with van der Waals surface area (Å²) < 4.78 is 0. The molecule has 0 unspecified atom stereocenters. The van der Waals surface area contributed by atoms with Gasteiger partial charge in [-0.25, -0.2) is 0 Å². The van der Waals surface area contributed by atoms with E-state index in [1.54, 1.807) is 0 Å². The lowest BCUT2D eigenvalue weighted by molar-refractivity contribution is 0.158. The summed E-state index contributed by atoms with van der Waals surface area (Å²) in [5.41, 5.74) is 0. The molecule has 1 rings (SSSR count). The Balaban J connectivity index is 2.50. The zero-order valence-corrected chi connectivity index (χ0v) is 7.75. The normalized spacial score (nSPS) is 33.5. The van der Waals surface area contributed by atoms with E-state index in [9.17, 15) is 5.11 Å². The molecule has 0 bridgehead atoms. The molecule has 0 spiro atoms. The van der Waals surface area contributed by atoms with Gasteiger partial charge in [-0.05, 0) is 26.7 Å². The molecule has 0 aromatic carbocycles. The molecule has 0 aromatic heterocycles. The molecular weight excluding hydrogens is 138 g/mol. The first-order chi connectivity index (χ1) is 5.15. The molecule has 2 nitrogen and oxygen atoms in total. The van der Waals surface area contributed by atoms with Crippen LogP contribution in [0.25, 0.3) is 0 Å². The van der Waals surface area contributed by atoms with Crippen LogP contribution in [0.1, 0.15) is 33.6 Å². The van der Waals surface area contributed by atoms with Crippen LogP contribution in [0.2, 0.25) is 0 Å². The fourth-order valence-corrected chi connectivity index (χ4v) is 1.95. The lowest BCUT2D eigenvalue weighted by Crippen LogP contribution is -2.35. The molecule has 0 aliphatic carbocycles. The second-order valence-corrected chi connectivity index (χ2v) is 3.74. The maximum atomic E-state index is 9.41. The van der Waals surface area contributed by atoms with Crippen LogP contribution in [0.15, 0.2) is 0 Å². The van der Waals surface area contributed by atoms with Crippen molar-refractivity contribution < 1.29 is 5.11 Å². The van der Waals surface area contributed by atoms with Crippen LogP contribution < -0.4 is 0 Å². The second-order valence-electron chi connectivity index (χ2n) is 3.74. The molecule has 0 radical (unpaired) electrons. The van der Waals surface area contributed by atoms with Crippen molar-refractivity contribution >= 4 is 0 Å². The van der Waals surface area contributed by atoms with Crippen LogP contribution in [0.4, 0.5) is 0 Å². The summed E-state index contributed by atoms with van der Waals surface area (Å²) in [5, 5.41) is 9.41. The maximum absolute atomic E-state index is 9.41. The van der Waals surface area contributed by atoms with E-state index in [1.165, 1.54) is 0 Å². The lowest BCUT2D eigenvalue weighted by atomic mass is 10.1. The van der Waals surface area contributed by atoms with E-state index in [-0.39, 0.29) is 6.10 Å². The molecule has 1 saturated heterocycles. The zero-order valence-electron chi connectivity index (χ0n) is 7.75. The molecule has 1 fully saturated rings. The highest BCUT2D eigenvalue weighted by atomic mass is 16.3. The van der Waals surface area contributed by atoms with E-state index >= 15 is 0 Å². The highest BCUT2D eigenvalue weighted by molar-refractivity contribution is 4.85. The van der Waals surface area contributed by atoms with Gasteiger partial charge in [0.1, 0.15) is 0 Å². The van der Waals surface area contributed by atoms with Gasteiger partial charge in [0.2, 0.25) is 0 Å². The summed E-state index contributed by atoms with van der Waals surface area (Å²) in [5.74, 6) is 0. The molecule has 66 valence electrons. The Morgan fingerprint density at radius 2 is 2.18 bits per heavy atom. The molecule has 0 amide bonds. The van der Waals surface area contributed by atoms with Gasteiger partial charge in [0, 0.05) is 18.6 Å². The van der Waals surface area contributed by atoms with Gasteiger partial charge < -0.3 is 5.11 Å². The van der Waals surface area contributed by atoms with Gasteiger partial charge in [-0.2, -0.15) is 0 Å². The van der Waals surface area contributed by atoms with Gasteiger partial charge in [-0.3, -0.25) is 4.90 Å².